The van der Waals surface area contributed by atoms with Crippen molar-refractivity contribution in [2.75, 3.05) is 18.4 Å². The summed E-state index contributed by atoms with van der Waals surface area (Å²) < 4.78 is 14.2. The van der Waals surface area contributed by atoms with Crippen molar-refractivity contribution in [2.45, 2.75) is 19.9 Å². The minimum atomic E-state index is -0.442. The number of carbonyl (C=O) groups excluding carboxylic acids is 2. The predicted octanol–water partition coefficient (Wildman–Crippen LogP) is 0.968. The third kappa shape index (κ3) is 3.91. The van der Waals surface area contributed by atoms with Crippen LogP contribution >= 0.6 is 12.4 Å². The highest BCUT2D eigenvalue weighted by Crippen LogP contribution is 2.24. The van der Waals surface area contributed by atoms with Crippen molar-refractivity contribution < 1.29 is 14.0 Å². The zero-order valence-corrected chi connectivity index (χ0v) is 11.9. The van der Waals surface area contributed by atoms with E-state index in [2.05, 4.69) is 16.0 Å². The molecule has 1 aromatic carbocycles. The number of hydrogen-bond acceptors (Lipinski definition) is 3. The normalized spacial score (nSPS) is 12.9. The second-order valence-corrected chi connectivity index (χ2v) is 4.45. The second-order valence-electron chi connectivity index (χ2n) is 4.45. The Bertz CT molecular complexity index is 523. The van der Waals surface area contributed by atoms with Crippen LogP contribution < -0.4 is 16.0 Å². The van der Waals surface area contributed by atoms with Gasteiger partial charge in [-0.05, 0) is 30.2 Å². The van der Waals surface area contributed by atoms with Crippen LogP contribution in [0.15, 0.2) is 12.1 Å². The van der Waals surface area contributed by atoms with Gasteiger partial charge in [-0.2, -0.15) is 0 Å². The van der Waals surface area contributed by atoms with Crippen LogP contribution in [0.25, 0.3) is 0 Å². The molecule has 1 heterocycles. The standard InChI is InChI=1S/C13H16FN3O2.ClH/c1-8(18)16-7-12(19)17-11-3-2-9-6-15-5-4-10(9)13(11)14;/h2-3,15H,4-7H2,1H3,(H,16,18)(H,17,19);1H. The summed E-state index contributed by atoms with van der Waals surface area (Å²) in [6.45, 7) is 2.53. The second kappa shape index (κ2) is 7.21. The van der Waals surface area contributed by atoms with Crippen LogP contribution in [0.5, 0.6) is 0 Å². The minimum absolute atomic E-state index is 0. The van der Waals surface area contributed by atoms with Gasteiger partial charge >= 0.3 is 0 Å². The average molecular weight is 302 g/mol. The van der Waals surface area contributed by atoms with E-state index in [4.69, 9.17) is 0 Å². The lowest BCUT2D eigenvalue weighted by molar-refractivity contribution is -0.122. The van der Waals surface area contributed by atoms with E-state index < -0.39 is 5.91 Å². The van der Waals surface area contributed by atoms with E-state index in [9.17, 15) is 14.0 Å². The summed E-state index contributed by atoms with van der Waals surface area (Å²) in [6.07, 6.45) is 0.608. The molecule has 7 heteroatoms. The van der Waals surface area contributed by atoms with Crippen LogP contribution in [-0.4, -0.2) is 24.9 Å². The van der Waals surface area contributed by atoms with Crippen molar-refractivity contribution in [3.63, 3.8) is 0 Å². The van der Waals surface area contributed by atoms with Crippen LogP contribution in [0.3, 0.4) is 0 Å². The van der Waals surface area contributed by atoms with E-state index in [1.807, 2.05) is 0 Å². The third-order valence-corrected chi connectivity index (χ3v) is 2.98. The lowest BCUT2D eigenvalue weighted by Crippen LogP contribution is -2.31. The maximum absolute atomic E-state index is 14.2. The molecule has 0 spiro atoms. The summed E-state index contributed by atoms with van der Waals surface area (Å²) in [5, 5.41) is 7.99. The van der Waals surface area contributed by atoms with Gasteiger partial charge in [0, 0.05) is 13.5 Å². The molecule has 1 aliphatic heterocycles. The monoisotopic (exact) mass is 301 g/mol. The molecule has 0 unspecified atom stereocenters. The number of amides is 2. The number of benzene rings is 1. The summed E-state index contributed by atoms with van der Waals surface area (Å²) in [6, 6.07) is 3.35. The van der Waals surface area contributed by atoms with E-state index in [1.54, 1.807) is 12.1 Å². The first-order valence-corrected chi connectivity index (χ1v) is 6.13. The molecular formula is C13H17ClFN3O2. The molecule has 1 aliphatic rings. The van der Waals surface area contributed by atoms with Crippen LogP contribution in [0.4, 0.5) is 10.1 Å². The number of hydrogen-bond donors (Lipinski definition) is 3. The number of carbonyl (C=O) groups is 2. The Balaban J connectivity index is 0.00000200. The van der Waals surface area contributed by atoms with Crippen LogP contribution in [-0.2, 0) is 22.6 Å². The minimum Gasteiger partial charge on any atom is -0.347 e. The molecule has 20 heavy (non-hydrogen) atoms. The Morgan fingerprint density at radius 2 is 2.15 bits per heavy atom. The lowest BCUT2D eigenvalue weighted by Gasteiger charge is -2.19. The largest absolute Gasteiger partial charge is 0.347 e. The van der Waals surface area contributed by atoms with Crippen molar-refractivity contribution in [2.24, 2.45) is 0 Å². The van der Waals surface area contributed by atoms with Crippen molar-refractivity contribution in [3.8, 4) is 0 Å². The molecule has 0 aromatic heterocycles. The molecule has 5 nitrogen and oxygen atoms in total. The molecule has 3 N–H and O–H groups in total. The van der Waals surface area contributed by atoms with E-state index in [0.29, 0.717) is 18.5 Å². The van der Waals surface area contributed by atoms with Crippen LogP contribution in [0.1, 0.15) is 18.1 Å². The Morgan fingerprint density at radius 1 is 1.40 bits per heavy atom. The van der Waals surface area contributed by atoms with Gasteiger partial charge in [-0.3, -0.25) is 9.59 Å². The van der Waals surface area contributed by atoms with Gasteiger partial charge in [-0.25, -0.2) is 4.39 Å². The zero-order chi connectivity index (χ0) is 13.8. The highest BCUT2D eigenvalue weighted by molar-refractivity contribution is 5.94. The predicted molar refractivity (Wildman–Crippen MR) is 76.4 cm³/mol. The number of nitrogens with one attached hydrogen (secondary N) is 3. The lowest BCUT2D eigenvalue weighted by atomic mass is 9.99. The van der Waals surface area contributed by atoms with Gasteiger partial charge < -0.3 is 16.0 Å². The highest BCUT2D eigenvalue weighted by Gasteiger charge is 2.17. The van der Waals surface area contributed by atoms with Gasteiger partial charge in [0.15, 0.2) is 0 Å². The topological polar surface area (TPSA) is 70.2 Å². The van der Waals surface area contributed by atoms with Gasteiger partial charge in [0.1, 0.15) is 5.82 Å². The van der Waals surface area contributed by atoms with Gasteiger partial charge in [0.05, 0.1) is 12.2 Å². The number of fused-ring (bicyclic) bond motifs is 1. The molecule has 0 fully saturated rings. The summed E-state index contributed by atoms with van der Waals surface area (Å²) in [5.74, 6) is -1.12. The fourth-order valence-corrected chi connectivity index (χ4v) is 2.03. The Hall–Kier alpha value is -1.66. The molecule has 0 aliphatic carbocycles. The van der Waals surface area contributed by atoms with Crippen molar-refractivity contribution in [1.82, 2.24) is 10.6 Å². The quantitative estimate of drug-likeness (QED) is 0.779. The molecule has 2 amide bonds. The molecular weight excluding hydrogens is 285 g/mol. The molecule has 0 atom stereocenters. The van der Waals surface area contributed by atoms with Crippen LogP contribution in [0.2, 0.25) is 0 Å². The first kappa shape index (κ1) is 16.4. The van der Waals surface area contributed by atoms with Crippen molar-refractivity contribution in [3.05, 3.63) is 29.1 Å². The molecule has 0 saturated carbocycles. The maximum atomic E-state index is 14.2. The molecule has 2 rings (SSSR count). The highest BCUT2D eigenvalue weighted by atomic mass is 35.5. The van der Waals surface area contributed by atoms with Gasteiger partial charge in [-0.15, -0.1) is 12.4 Å². The summed E-state index contributed by atoms with van der Waals surface area (Å²) in [5.41, 5.74) is 1.73. The van der Waals surface area contributed by atoms with Crippen molar-refractivity contribution in [1.29, 1.82) is 0 Å². The SMILES string of the molecule is CC(=O)NCC(=O)Nc1ccc2c(c1F)CCNC2.Cl. The van der Waals surface area contributed by atoms with Gasteiger partial charge in [0.2, 0.25) is 11.8 Å². The Labute approximate surface area is 122 Å². The van der Waals surface area contributed by atoms with E-state index in [-0.39, 0.29) is 36.4 Å². The first-order valence-electron chi connectivity index (χ1n) is 6.13. The fourth-order valence-electron chi connectivity index (χ4n) is 2.03. The van der Waals surface area contributed by atoms with Crippen molar-refractivity contribution >= 4 is 29.9 Å². The smallest absolute Gasteiger partial charge is 0.243 e. The number of rotatable bonds is 3. The Kier molecular flexibility index (Phi) is 5.91. The Morgan fingerprint density at radius 3 is 2.85 bits per heavy atom. The van der Waals surface area contributed by atoms with E-state index in [1.165, 1.54) is 6.92 Å². The molecule has 0 saturated heterocycles. The molecule has 0 radical (unpaired) electrons. The van der Waals surface area contributed by atoms with Gasteiger partial charge in [0.25, 0.3) is 0 Å². The molecule has 1 aromatic rings. The summed E-state index contributed by atoms with van der Waals surface area (Å²) in [4.78, 5) is 22.2. The van der Waals surface area contributed by atoms with Gasteiger partial charge in [-0.1, -0.05) is 6.07 Å². The molecule has 0 bridgehead atoms. The summed E-state index contributed by atoms with van der Waals surface area (Å²) in [7, 11) is 0. The average Bonchev–Trinajstić information content (AvgIpc) is 2.40. The van der Waals surface area contributed by atoms with E-state index in [0.717, 1.165) is 12.1 Å². The maximum Gasteiger partial charge on any atom is 0.243 e. The number of halogens is 2. The fraction of sp³-hybridized carbons (Fsp3) is 0.385. The number of anilines is 1. The molecule has 110 valence electrons. The summed E-state index contributed by atoms with van der Waals surface area (Å²) >= 11 is 0. The van der Waals surface area contributed by atoms with E-state index >= 15 is 0 Å². The third-order valence-electron chi connectivity index (χ3n) is 2.98. The zero-order valence-electron chi connectivity index (χ0n) is 11.1. The van der Waals surface area contributed by atoms with Crippen LogP contribution in [0, 0.1) is 5.82 Å². The first-order chi connectivity index (χ1) is 9.08.